The van der Waals surface area contributed by atoms with Crippen LogP contribution in [0.2, 0.25) is 0 Å². The largest absolute Gasteiger partial charge is 0.408 e. The molecule has 5 nitrogen and oxygen atoms in total. The first kappa shape index (κ1) is 17.8. The molecule has 0 aliphatic rings. The number of halogens is 4. The topological polar surface area (TPSA) is 59.3 Å². The Kier molecular flexibility index (Phi) is 4.39. The number of imidazole rings is 1. The molecule has 2 aromatic heterocycles. The normalized spacial score (nSPS) is 13.0. The number of alkyl halides is 3. The maximum Gasteiger partial charge on any atom is 0.408 e. The molecule has 0 aliphatic carbocycles. The van der Waals surface area contributed by atoms with Crippen LogP contribution in [0, 0.1) is 12.7 Å². The number of benzene rings is 1. The van der Waals surface area contributed by atoms with Crippen LogP contribution in [0.25, 0.3) is 16.8 Å². The molecule has 2 heterocycles. The van der Waals surface area contributed by atoms with Gasteiger partial charge in [0.2, 0.25) is 5.82 Å². The number of fused-ring (bicyclic) bond motifs is 1. The van der Waals surface area contributed by atoms with E-state index in [9.17, 15) is 22.4 Å². The van der Waals surface area contributed by atoms with Gasteiger partial charge < -0.3 is 5.32 Å². The fourth-order valence-electron chi connectivity index (χ4n) is 2.39. The number of amides is 1. The van der Waals surface area contributed by atoms with Gasteiger partial charge >= 0.3 is 6.18 Å². The Morgan fingerprint density at radius 1 is 1.23 bits per heavy atom. The van der Waals surface area contributed by atoms with Crippen molar-refractivity contribution in [1.82, 2.24) is 19.9 Å². The van der Waals surface area contributed by atoms with Crippen molar-refractivity contribution in [2.24, 2.45) is 0 Å². The molecule has 9 heteroatoms. The first-order chi connectivity index (χ1) is 12.2. The van der Waals surface area contributed by atoms with Gasteiger partial charge in [-0.2, -0.15) is 18.3 Å². The molecule has 1 N–H and O–H groups in total. The van der Waals surface area contributed by atoms with Crippen molar-refractivity contribution in [3.63, 3.8) is 0 Å². The summed E-state index contributed by atoms with van der Waals surface area (Å²) in [6.07, 6.45) is -3.20. The molecule has 0 bridgehead atoms. The zero-order valence-corrected chi connectivity index (χ0v) is 13.8. The van der Waals surface area contributed by atoms with Crippen molar-refractivity contribution in [3.8, 4) is 11.3 Å². The van der Waals surface area contributed by atoms with Crippen molar-refractivity contribution in [3.05, 3.63) is 53.7 Å². The van der Waals surface area contributed by atoms with Crippen molar-refractivity contribution in [2.75, 3.05) is 0 Å². The van der Waals surface area contributed by atoms with E-state index < -0.39 is 23.9 Å². The number of nitrogens with zero attached hydrogens (tertiary/aromatic N) is 3. The minimum atomic E-state index is -4.56. The predicted molar refractivity (Wildman–Crippen MR) is 86.1 cm³/mol. The number of carbonyl (C=O) groups is 1. The average molecular weight is 366 g/mol. The van der Waals surface area contributed by atoms with E-state index in [0.717, 1.165) is 12.5 Å². The Morgan fingerprint density at radius 3 is 2.50 bits per heavy atom. The van der Waals surface area contributed by atoms with Crippen LogP contribution in [-0.2, 0) is 0 Å². The Balaban J connectivity index is 2.02. The molecule has 0 aliphatic heterocycles. The third-order valence-electron chi connectivity index (χ3n) is 3.88. The van der Waals surface area contributed by atoms with E-state index >= 15 is 0 Å². The molecule has 0 fully saturated rings. The summed E-state index contributed by atoms with van der Waals surface area (Å²) in [6.45, 7) is 2.60. The fourth-order valence-corrected chi connectivity index (χ4v) is 2.39. The molecule has 1 unspecified atom stereocenters. The lowest BCUT2D eigenvalue weighted by molar-refractivity contribution is -0.149. The lowest BCUT2D eigenvalue weighted by atomic mass is 10.1. The molecule has 1 aromatic carbocycles. The highest BCUT2D eigenvalue weighted by Gasteiger charge is 2.37. The summed E-state index contributed by atoms with van der Waals surface area (Å²) < 4.78 is 52.3. The van der Waals surface area contributed by atoms with Crippen molar-refractivity contribution in [1.29, 1.82) is 0 Å². The van der Waals surface area contributed by atoms with E-state index in [2.05, 4.69) is 10.1 Å². The highest BCUT2D eigenvalue weighted by molar-refractivity contribution is 5.92. The molecule has 136 valence electrons. The lowest BCUT2D eigenvalue weighted by Crippen LogP contribution is -2.43. The van der Waals surface area contributed by atoms with Crippen molar-refractivity contribution in [2.45, 2.75) is 26.1 Å². The van der Waals surface area contributed by atoms with Gasteiger partial charge in [0.15, 0.2) is 0 Å². The van der Waals surface area contributed by atoms with Gasteiger partial charge in [0.25, 0.3) is 5.91 Å². The number of aryl methyl sites for hydroxylation is 1. The molecule has 26 heavy (non-hydrogen) atoms. The van der Waals surface area contributed by atoms with Crippen LogP contribution in [0.5, 0.6) is 0 Å². The molecule has 0 saturated carbocycles. The summed E-state index contributed by atoms with van der Waals surface area (Å²) in [7, 11) is 0. The SMILES string of the molecule is Cc1cc(-c2ccc(F)cc2)nn2c(C(=O)NC(C)C(F)(F)F)ncc12. The molecular weight excluding hydrogens is 352 g/mol. The quantitative estimate of drug-likeness (QED) is 0.722. The summed E-state index contributed by atoms with van der Waals surface area (Å²) in [5.74, 6) is -1.66. The first-order valence-corrected chi connectivity index (χ1v) is 7.65. The zero-order chi connectivity index (χ0) is 19.1. The third-order valence-corrected chi connectivity index (χ3v) is 3.88. The van der Waals surface area contributed by atoms with Crippen LogP contribution < -0.4 is 5.32 Å². The van der Waals surface area contributed by atoms with Gasteiger partial charge in [-0.1, -0.05) is 0 Å². The molecule has 0 spiro atoms. The maximum atomic E-state index is 13.1. The monoisotopic (exact) mass is 366 g/mol. The number of aromatic nitrogens is 3. The van der Waals surface area contributed by atoms with E-state index in [1.165, 1.54) is 35.0 Å². The van der Waals surface area contributed by atoms with Crippen LogP contribution in [0.15, 0.2) is 36.5 Å². The zero-order valence-electron chi connectivity index (χ0n) is 13.8. The lowest BCUT2D eigenvalue weighted by Gasteiger charge is -2.16. The second-order valence-electron chi connectivity index (χ2n) is 5.84. The number of hydrogen-bond donors (Lipinski definition) is 1. The fraction of sp³-hybridized carbons (Fsp3) is 0.235. The Labute approximate surface area is 145 Å². The second kappa shape index (κ2) is 6.40. The van der Waals surface area contributed by atoms with Crippen molar-refractivity contribution >= 4 is 11.4 Å². The van der Waals surface area contributed by atoms with Gasteiger partial charge in [-0.3, -0.25) is 4.79 Å². The van der Waals surface area contributed by atoms with Crippen LogP contribution >= 0.6 is 0 Å². The third kappa shape index (κ3) is 3.37. The predicted octanol–water partition coefficient (Wildman–Crippen LogP) is 3.52. The van der Waals surface area contributed by atoms with E-state index in [0.29, 0.717) is 16.8 Å². The molecule has 3 rings (SSSR count). The van der Waals surface area contributed by atoms with Gasteiger partial charge in [-0.05, 0) is 49.7 Å². The van der Waals surface area contributed by atoms with E-state index in [1.54, 1.807) is 13.0 Å². The number of rotatable bonds is 3. The van der Waals surface area contributed by atoms with Gasteiger partial charge in [0, 0.05) is 5.56 Å². The van der Waals surface area contributed by atoms with Gasteiger partial charge in [0.1, 0.15) is 11.9 Å². The second-order valence-corrected chi connectivity index (χ2v) is 5.84. The first-order valence-electron chi connectivity index (χ1n) is 7.65. The molecule has 3 aromatic rings. The molecule has 1 atom stereocenters. The number of carbonyl (C=O) groups excluding carboxylic acids is 1. The van der Waals surface area contributed by atoms with Gasteiger partial charge in [0.05, 0.1) is 17.4 Å². The summed E-state index contributed by atoms with van der Waals surface area (Å²) >= 11 is 0. The smallest absolute Gasteiger partial charge is 0.338 e. The Hall–Kier alpha value is -2.97. The van der Waals surface area contributed by atoms with Crippen LogP contribution in [0.1, 0.15) is 23.1 Å². The Bertz CT molecular complexity index is 963. The van der Waals surface area contributed by atoms with E-state index in [-0.39, 0.29) is 5.82 Å². The average Bonchev–Trinajstić information content (AvgIpc) is 2.99. The minimum Gasteiger partial charge on any atom is -0.338 e. The highest BCUT2D eigenvalue weighted by Crippen LogP contribution is 2.22. The summed E-state index contributed by atoms with van der Waals surface area (Å²) in [6, 6.07) is 5.27. The molecule has 0 saturated heterocycles. The van der Waals surface area contributed by atoms with Crippen molar-refractivity contribution < 1.29 is 22.4 Å². The maximum absolute atomic E-state index is 13.1. The van der Waals surface area contributed by atoms with E-state index in [4.69, 9.17) is 0 Å². The van der Waals surface area contributed by atoms with Crippen LogP contribution in [0.3, 0.4) is 0 Å². The van der Waals surface area contributed by atoms with Gasteiger partial charge in [-0.25, -0.2) is 13.9 Å². The van der Waals surface area contributed by atoms with Crippen LogP contribution in [-0.4, -0.2) is 32.7 Å². The standard InChI is InChI=1S/C17H14F4N4O/c1-9-7-13(11-3-5-12(18)6-4-11)24-25-14(9)8-22-15(25)16(26)23-10(2)17(19,20)21/h3-8,10H,1-2H3,(H,23,26). The highest BCUT2D eigenvalue weighted by atomic mass is 19.4. The number of hydrogen-bond acceptors (Lipinski definition) is 3. The van der Waals surface area contributed by atoms with E-state index in [1.807, 2.05) is 5.32 Å². The molecular formula is C17H14F4N4O. The minimum absolute atomic E-state index is 0.261. The van der Waals surface area contributed by atoms with Gasteiger partial charge in [-0.15, -0.1) is 0 Å². The summed E-state index contributed by atoms with van der Waals surface area (Å²) in [5.41, 5.74) is 2.24. The molecule has 0 radical (unpaired) electrons. The molecule has 1 amide bonds. The summed E-state index contributed by atoms with van der Waals surface area (Å²) in [5, 5.41) is 6.14. The number of nitrogens with one attached hydrogen (secondary N) is 1. The van der Waals surface area contributed by atoms with Crippen LogP contribution in [0.4, 0.5) is 17.6 Å². The Morgan fingerprint density at radius 2 is 1.88 bits per heavy atom. The summed E-state index contributed by atoms with van der Waals surface area (Å²) in [4.78, 5) is 16.1.